The number of hydrogen-bond acceptors (Lipinski definition) is 1. The Balaban J connectivity index is 1.19. The van der Waals surface area contributed by atoms with Crippen molar-refractivity contribution < 1.29 is 0 Å². The zero-order valence-electron chi connectivity index (χ0n) is 30.1. The van der Waals surface area contributed by atoms with Gasteiger partial charge in [0.15, 0.2) is 0 Å². The molecule has 4 aliphatic carbocycles. The molecular formula is C52H39N. The Hall–Kier alpha value is -6.18. The van der Waals surface area contributed by atoms with Crippen LogP contribution >= 0.6 is 0 Å². The van der Waals surface area contributed by atoms with Gasteiger partial charge in [-0.15, -0.1) is 0 Å². The van der Waals surface area contributed by atoms with Gasteiger partial charge < -0.3 is 4.90 Å². The SMILES string of the molecule is CC1(C)c2ccccc2-c2ccc(N(c3ccccc3)c3cccc4c3-c3ccccc3C43C4=C(C=CCC4)c4c(-c5ccccc5)cccc43)cc21. The molecule has 11 rings (SSSR count). The quantitative estimate of drug-likeness (QED) is 0.179. The molecule has 1 atom stereocenters. The second-order valence-electron chi connectivity index (χ2n) is 15.5. The lowest BCUT2D eigenvalue weighted by molar-refractivity contribution is 0.660. The maximum Gasteiger partial charge on any atom is 0.0689 e. The molecule has 1 unspecified atom stereocenters. The van der Waals surface area contributed by atoms with Crippen molar-refractivity contribution >= 4 is 22.6 Å². The summed E-state index contributed by atoms with van der Waals surface area (Å²) in [5.74, 6) is 0. The predicted octanol–water partition coefficient (Wildman–Crippen LogP) is 13.6. The van der Waals surface area contributed by atoms with Crippen molar-refractivity contribution in [2.24, 2.45) is 0 Å². The van der Waals surface area contributed by atoms with E-state index in [1.807, 2.05) is 0 Å². The molecule has 0 saturated carbocycles. The smallest absolute Gasteiger partial charge is 0.0689 e. The van der Waals surface area contributed by atoms with Crippen LogP contribution in [0.5, 0.6) is 0 Å². The van der Waals surface area contributed by atoms with Gasteiger partial charge in [0.2, 0.25) is 0 Å². The fraction of sp³-hybridized carbons (Fsp3) is 0.115. The minimum absolute atomic E-state index is 0.0962. The Morgan fingerprint density at radius 3 is 1.91 bits per heavy atom. The fourth-order valence-corrected chi connectivity index (χ4v) is 10.4. The number of para-hydroxylation sites is 1. The fourth-order valence-electron chi connectivity index (χ4n) is 10.4. The second kappa shape index (κ2) is 11.2. The van der Waals surface area contributed by atoms with Crippen LogP contribution < -0.4 is 4.90 Å². The first-order valence-electron chi connectivity index (χ1n) is 19.0. The molecule has 0 aromatic heterocycles. The summed E-state index contributed by atoms with van der Waals surface area (Å²) in [5, 5.41) is 0. The lowest BCUT2D eigenvalue weighted by Gasteiger charge is -2.34. The first kappa shape index (κ1) is 30.4. The van der Waals surface area contributed by atoms with Crippen molar-refractivity contribution in [1.29, 1.82) is 0 Å². The maximum absolute atomic E-state index is 2.51. The molecule has 0 radical (unpaired) electrons. The number of fused-ring (bicyclic) bond motifs is 12. The van der Waals surface area contributed by atoms with Crippen LogP contribution in [0.25, 0.3) is 39.0 Å². The zero-order valence-corrected chi connectivity index (χ0v) is 30.1. The van der Waals surface area contributed by atoms with Gasteiger partial charge in [0.25, 0.3) is 0 Å². The Kier molecular flexibility index (Phi) is 6.41. The second-order valence-corrected chi connectivity index (χ2v) is 15.5. The van der Waals surface area contributed by atoms with Crippen LogP contribution in [0.15, 0.2) is 182 Å². The predicted molar refractivity (Wildman–Crippen MR) is 221 cm³/mol. The molecule has 1 spiro atoms. The molecule has 252 valence electrons. The van der Waals surface area contributed by atoms with Crippen molar-refractivity contribution in [3.8, 4) is 33.4 Å². The van der Waals surface area contributed by atoms with Crippen LogP contribution in [0.3, 0.4) is 0 Å². The van der Waals surface area contributed by atoms with E-state index >= 15 is 0 Å². The van der Waals surface area contributed by atoms with E-state index in [0.29, 0.717) is 0 Å². The first-order valence-corrected chi connectivity index (χ1v) is 19.0. The van der Waals surface area contributed by atoms with Crippen molar-refractivity contribution in [1.82, 2.24) is 0 Å². The molecule has 0 saturated heterocycles. The van der Waals surface area contributed by atoms with E-state index in [9.17, 15) is 0 Å². The summed E-state index contributed by atoms with van der Waals surface area (Å²) in [6, 6.07) is 61.4. The largest absolute Gasteiger partial charge is 0.310 e. The normalized spacial score (nSPS) is 17.9. The van der Waals surface area contributed by atoms with E-state index in [1.54, 1.807) is 0 Å². The molecule has 7 aromatic rings. The molecule has 7 aromatic carbocycles. The van der Waals surface area contributed by atoms with Crippen LogP contribution in [-0.4, -0.2) is 0 Å². The highest BCUT2D eigenvalue weighted by molar-refractivity contribution is 6.04. The summed E-state index contributed by atoms with van der Waals surface area (Å²) >= 11 is 0. The number of hydrogen-bond donors (Lipinski definition) is 0. The van der Waals surface area contributed by atoms with Crippen molar-refractivity contribution in [3.63, 3.8) is 0 Å². The lowest BCUT2D eigenvalue weighted by atomic mass is 9.68. The van der Waals surface area contributed by atoms with Gasteiger partial charge >= 0.3 is 0 Å². The summed E-state index contributed by atoms with van der Waals surface area (Å²) < 4.78 is 0. The standard InChI is InChI=1S/C52H39N/c1-51(2)42-25-12-9-21-38(42)39-32-31-36(33-47(39)51)53(35-19-7-4-8-20-35)48-30-16-29-46-50(48)41-23-11-14-27-44(41)52(46)43-26-13-10-22-40(43)49-37(24-15-28-45(49)52)34-17-5-3-6-18-34/h3-12,14-25,27-33H,13,26H2,1-2H3. The maximum atomic E-state index is 2.51. The number of nitrogens with zero attached hydrogens (tertiary/aromatic N) is 1. The van der Waals surface area contributed by atoms with E-state index in [1.165, 1.54) is 89.3 Å². The number of benzene rings is 7. The molecule has 0 aliphatic heterocycles. The van der Waals surface area contributed by atoms with Crippen LogP contribution in [0.1, 0.15) is 60.1 Å². The molecule has 0 amide bonds. The van der Waals surface area contributed by atoms with E-state index in [4.69, 9.17) is 0 Å². The molecule has 1 heteroatoms. The molecule has 1 nitrogen and oxygen atoms in total. The van der Waals surface area contributed by atoms with Gasteiger partial charge in [-0.05, 0) is 116 Å². The number of rotatable bonds is 4. The van der Waals surface area contributed by atoms with E-state index in [2.05, 4.69) is 195 Å². The minimum atomic E-state index is -0.369. The van der Waals surface area contributed by atoms with Gasteiger partial charge in [-0.25, -0.2) is 0 Å². The highest BCUT2D eigenvalue weighted by Gasteiger charge is 2.54. The van der Waals surface area contributed by atoms with Gasteiger partial charge in [-0.2, -0.15) is 0 Å². The number of anilines is 3. The summed E-state index contributed by atoms with van der Waals surface area (Å²) in [4.78, 5) is 2.51. The van der Waals surface area contributed by atoms with Crippen molar-refractivity contribution in [3.05, 3.63) is 215 Å². The van der Waals surface area contributed by atoms with E-state index in [-0.39, 0.29) is 10.8 Å². The Labute approximate surface area is 312 Å². The molecule has 53 heavy (non-hydrogen) atoms. The highest BCUT2D eigenvalue weighted by atomic mass is 15.1. The third-order valence-corrected chi connectivity index (χ3v) is 12.6. The molecular weight excluding hydrogens is 639 g/mol. The van der Waals surface area contributed by atoms with Gasteiger partial charge in [-0.1, -0.05) is 159 Å². The summed E-state index contributed by atoms with van der Waals surface area (Å²) in [5.41, 5.74) is 22.3. The van der Waals surface area contributed by atoms with Crippen LogP contribution in [0.4, 0.5) is 17.1 Å². The van der Waals surface area contributed by atoms with E-state index in [0.717, 1.165) is 18.5 Å². The summed E-state index contributed by atoms with van der Waals surface area (Å²) in [7, 11) is 0. The van der Waals surface area contributed by atoms with E-state index < -0.39 is 0 Å². The monoisotopic (exact) mass is 677 g/mol. The molecule has 0 N–H and O–H groups in total. The Morgan fingerprint density at radius 2 is 1.09 bits per heavy atom. The first-order chi connectivity index (χ1) is 26.1. The molecule has 0 bridgehead atoms. The van der Waals surface area contributed by atoms with Crippen molar-refractivity contribution in [2.45, 2.75) is 37.5 Å². The van der Waals surface area contributed by atoms with Gasteiger partial charge in [0.1, 0.15) is 0 Å². The van der Waals surface area contributed by atoms with Crippen LogP contribution in [0, 0.1) is 0 Å². The Morgan fingerprint density at radius 1 is 0.472 bits per heavy atom. The zero-order chi connectivity index (χ0) is 35.3. The third kappa shape index (κ3) is 4.03. The number of allylic oxidation sites excluding steroid dienone is 4. The summed E-state index contributed by atoms with van der Waals surface area (Å²) in [6.07, 6.45) is 6.89. The topological polar surface area (TPSA) is 3.24 Å². The molecule has 4 aliphatic rings. The minimum Gasteiger partial charge on any atom is -0.310 e. The average Bonchev–Trinajstić information content (AvgIpc) is 3.78. The highest BCUT2D eigenvalue weighted by Crippen LogP contribution is 2.66. The van der Waals surface area contributed by atoms with Gasteiger partial charge in [0, 0.05) is 22.4 Å². The third-order valence-electron chi connectivity index (χ3n) is 12.6. The average molecular weight is 678 g/mol. The van der Waals surface area contributed by atoms with Crippen LogP contribution in [-0.2, 0) is 10.8 Å². The summed E-state index contributed by atoms with van der Waals surface area (Å²) in [6.45, 7) is 4.75. The Bertz CT molecular complexity index is 2690. The van der Waals surface area contributed by atoms with Gasteiger partial charge in [-0.3, -0.25) is 0 Å². The van der Waals surface area contributed by atoms with Crippen LogP contribution in [0.2, 0.25) is 0 Å². The lowest BCUT2D eigenvalue weighted by Crippen LogP contribution is -2.28. The molecule has 0 fully saturated rings. The molecule has 0 heterocycles. The van der Waals surface area contributed by atoms with Gasteiger partial charge in [0.05, 0.1) is 11.1 Å². The van der Waals surface area contributed by atoms with Crippen molar-refractivity contribution in [2.75, 3.05) is 4.90 Å².